The van der Waals surface area contributed by atoms with Crippen LogP contribution in [-0.4, -0.2) is 48.2 Å². The van der Waals surface area contributed by atoms with E-state index in [0.717, 1.165) is 97.7 Å². The van der Waals surface area contributed by atoms with Gasteiger partial charge in [-0.25, -0.2) is 4.98 Å². The van der Waals surface area contributed by atoms with Gasteiger partial charge in [-0.2, -0.15) is 27.2 Å². The molecule has 2 fully saturated rings. The summed E-state index contributed by atoms with van der Waals surface area (Å²) in [6.45, 7) is 3.89. The van der Waals surface area contributed by atoms with E-state index in [2.05, 4.69) is 20.1 Å². The maximum absolute atomic E-state index is 13.5. The molecule has 0 spiro atoms. The quantitative estimate of drug-likeness (QED) is 0.148. The van der Waals surface area contributed by atoms with Crippen LogP contribution >= 0.6 is 22.6 Å². The Morgan fingerprint density at radius 2 is 1.63 bits per heavy atom. The fraction of sp³-hybridized carbons (Fsp3) is 0.419. The van der Waals surface area contributed by atoms with Gasteiger partial charge in [-0.3, -0.25) is 4.90 Å². The zero-order chi connectivity index (χ0) is 30.6. The lowest BCUT2D eigenvalue weighted by molar-refractivity contribution is -0.137. The second-order valence-corrected chi connectivity index (χ2v) is 12.3. The Bertz CT molecular complexity index is 1420. The number of hydrogen-bond donors (Lipinski definition) is 1. The highest BCUT2D eigenvalue weighted by Crippen LogP contribution is 2.36. The van der Waals surface area contributed by atoms with E-state index in [1.165, 1.54) is 24.3 Å². The Morgan fingerprint density at radius 1 is 0.930 bits per heavy atom. The molecule has 0 radical (unpaired) electrons. The molecule has 1 N–H and O–H groups in total. The zero-order valence-corrected chi connectivity index (χ0v) is 25.4. The number of piperazine rings is 1. The van der Waals surface area contributed by atoms with E-state index in [1.807, 2.05) is 12.1 Å². The first-order valence-electron chi connectivity index (χ1n) is 14.1. The molecule has 1 aliphatic heterocycles. The van der Waals surface area contributed by atoms with Gasteiger partial charge in [0.05, 0.1) is 23.3 Å². The molecular weight excluding hydrogens is 680 g/mol. The van der Waals surface area contributed by atoms with Gasteiger partial charge in [-0.05, 0) is 55.5 Å². The van der Waals surface area contributed by atoms with Gasteiger partial charge >= 0.3 is 10.1 Å². The van der Waals surface area contributed by atoms with Crippen molar-refractivity contribution in [1.29, 1.82) is 5.26 Å². The fourth-order valence-electron chi connectivity index (χ4n) is 5.56. The Balaban J connectivity index is 1.09. The van der Waals surface area contributed by atoms with Crippen molar-refractivity contribution < 1.29 is 26.7 Å². The van der Waals surface area contributed by atoms with Gasteiger partial charge in [0.15, 0.2) is 0 Å². The summed E-state index contributed by atoms with van der Waals surface area (Å²) in [5, 5.41) is 12.2. The summed E-state index contributed by atoms with van der Waals surface area (Å²) >= 11 is 1.14. The first-order chi connectivity index (χ1) is 20.5. The van der Waals surface area contributed by atoms with Gasteiger partial charge in [0, 0.05) is 84.9 Å². The molecule has 228 valence electrons. The maximum atomic E-state index is 13.5. The molecule has 6 nitrogen and oxygen atoms in total. The molecule has 0 atom stereocenters. The molecule has 1 saturated carbocycles. The normalized spacial score (nSPS) is 20.0. The second-order valence-electron chi connectivity index (χ2n) is 10.9. The molecule has 5 rings (SSSR count). The molecular formula is C31H31F5IN5O. The lowest BCUT2D eigenvalue weighted by atomic mass is 9.92. The van der Waals surface area contributed by atoms with Gasteiger partial charge in [0.25, 0.3) is 0 Å². The summed E-state index contributed by atoms with van der Waals surface area (Å²) in [5.41, 5.74) is 0.0456. The van der Waals surface area contributed by atoms with Crippen LogP contribution in [0.15, 0.2) is 60.8 Å². The Labute approximate surface area is 261 Å². The number of alkyl halides is 6. The minimum Gasteiger partial charge on any atom is -0.490 e. The van der Waals surface area contributed by atoms with E-state index in [0.29, 0.717) is 12.2 Å². The van der Waals surface area contributed by atoms with Crippen molar-refractivity contribution in [1.82, 2.24) is 9.88 Å². The number of aromatic nitrogens is 1. The number of hydrogen-bond acceptors (Lipinski definition) is 6. The zero-order valence-electron chi connectivity index (χ0n) is 23.3. The summed E-state index contributed by atoms with van der Waals surface area (Å²) in [5.74, 6) is 1.57. The van der Waals surface area contributed by atoms with Crippen molar-refractivity contribution in [2.45, 2.75) is 54.5 Å². The van der Waals surface area contributed by atoms with Crippen LogP contribution in [0.1, 0.15) is 47.9 Å². The number of nitriles is 1. The molecule has 0 unspecified atom stereocenters. The third-order valence-corrected chi connectivity index (χ3v) is 8.52. The third kappa shape index (κ3) is 8.26. The first-order valence-corrected chi connectivity index (χ1v) is 15.2. The Hall–Kier alpha value is -3.18. The predicted molar refractivity (Wildman–Crippen MR) is 163 cm³/mol. The van der Waals surface area contributed by atoms with Crippen LogP contribution in [0.4, 0.5) is 33.5 Å². The molecule has 3 aromatic rings. The van der Waals surface area contributed by atoms with Gasteiger partial charge < -0.3 is 15.0 Å². The van der Waals surface area contributed by atoms with Crippen molar-refractivity contribution >= 4 is 34.1 Å². The molecule has 1 saturated heterocycles. The van der Waals surface area contributed by atoms with E-state index in [4.69, 9.17) is 10.00 Å². The highest BCUT2D eigenvalue weighted by atomic mass is 127. The summed E-state index contributed by atoms with van der Waals surface area (Å²) in [4.78, 5) is 9.04. The molecule has 1 aliphatic carbocycles. The lowest BCUT2D eigenvalue weighted by Crippen LogP contribution is -2.46. The number of pyridine rings is 1. The summed E-state index contributed by atoms with van der Waals surface area (Å²) in [6, 6.07) is 15.6. The van der Waals surface area contributed by atoms with Crippen molar-refractivity contribution in [3.8, 4) is 11.8 Å². The number of benzene rings is 2. The number of rotatable bonds is 8. The summed E-state index contributed by atoms with van der Waals surface area (Å²) in [7, 11) is 0. The van der Waals surface area contributed by atoms with Gasteiger partial charge in [-0.1, -0.05) is 24.3 Å². The van der Waals surface area contributed by atoms with E-state index in [-0.39, 0.29) is 23.3 Å². The molecule has 2 aromatic carbocycles. The van der Waals surface area contributed by atoms with Gasteiger partial charge in [0.2, 0.25) is 0 Å². The van der Waals surface area contributed by atoms with E-state index < -0.39 is 15.7 Å². The fourth-order valence-corrected chi connectivity index (χ4v) is 5.92. The van der Waals surface area contributed by atoms with E-state index in [1.54, 1.807) is 24.4 Å². The lowest BCUT2D eigenvalue weighted by Gasteiger charge is -2.35. The number of ether oxygens (including phenoxy) is 1. The van der Waals surface area contributed by atoms with Gasteiger partial charge in [0.1, 0.15) is 11.6 Å². The van der Waals surface area contributed by atoms with Crippen LogP contribution in [0.25, 0.3) is 0 Å². The van der Waals surface area contributed by atoms with Crippen LogP contribution in [0.3, 0.4) is 0 Å². The summed E-state index contributed by atoms with van der Waals surface area (Å²) < 4.78 is 70.3. The van der Waals surface area contributed by atoms with E-state index >= 15 is 0 Å². The maximum Gasteiger partial charge on any atom is 0.417 e. The standard InChI is InChI=1S/C31H31F5IN5O/c32-30(33,34)28-17-25(6-3-22(28)19-38)40-24-7-9-26(10-8-24)43-27-11-12-39-29(18-27)42-15-13-41(14-16-42)20-21-1-4-23(5-2-21)31(35,36)37/h1-6,11-12,17-18,24,26,40H,7-10,13-16,20H2/t24-,26-. The van der Waals surface area contributed by atoms with E-state index in [9.17, 15) is 22.0 Å². The molecule has 12 heteroatoms. The molecule has 0 bridgehead atoms. The Morgan fingerprint density at radius 3 is 2.26 bits per heavy atom. The van der Waals surface area contributed by atoms with Crippen LogP contribution in [-0.2, 0) is 16.7 Å². The molecule has 1 aromatic heterocycles. The van der Waals surface area contributed by atoms with Crippen molar-refractivity contribution in [3.63, 3.8) is 0 Å². The van der Waals surface area contributed by atoms with Crippen LogP contribution in [0, 0.1) is 11.3 Å². The largest absolute Gasteiger partial charge is 0.490 e. The predicted octanol–water partition coefficient (Wildman–Crippen LogP) is 7.58. The highest BCUT2D eigenvalue weighted by Gasteiger charge is 2.34. The monoisotopic (exact) mass is 711 g/mol. The molecule has 2 aliphatic rings. The number of nitrogens with one attached hydrogen (secondary N) is 1. The SMILES string of the molecule is N#Cc1ccc(N[C@H]2CC[C@H](Oc3ccnc(N4CCN(Cc5ccc(C(F)(F)I)cc5)CC4)c3)CC2)cc1C(F)(F)F. The summed E-state index contributed by atoms with van der Waals surface area (Å²) in [6.07, 6.45) is 0.147. The molecule has 2 heterocycles. The van der Waals surface area contributed by atoms with Crippen molar-refractivity contribution in [3.05, 3.63) is 83.0 Å². The van der Waals surface area contributed by atoms with Crippen LogP contribution in [0.5, 0.6) is 5.75 Å². The van der Waals surface area contributed by atoms with Gasteiger partial charge in [-0.15, -0.1) is 0 Å². The first kappa shape index (κ1) is 31.3. The number of anilines is 2. The average Bonchev–Trinajstić information content (AvgIpc) is 2.98. The van der Waals surface area contributed by atoms with Crippen LogP contribution in [0.2, 0.25) is 0 Å². The van der Waals surface area contributed by atoms with Crippen molar-refractivity contribution in [2.75, 3.05) is 36.4 Å². The smallest absolute Gasteiger partial charge is 0.417 e. The van der Waals surface area contributed by atoms with Crippen LogP contribution < -0.4 is 15.0 Å². The minimum atomic E-state index is -4.59. The molecule has 0 amide bonds. The Kier molecular flexibility index (Phi) is 9.60. The number of halogens is 6. The second kappa shape index (κ2) is 13.2. The topological polar surface area (TPSA) is 64.4 Å². The average molecular weight is 712 g/mol. The number of nitrogens with zero attached hydrogens (tertiary/aromatic N) is 4. The highest BCUT2D eigenvalue weighted by molar-refractivity contribution is 14.1. The van der Waals surface area contributed by atoms with Crippen molar-refractivity contribution in [2.24, 2.45) is 0 Å². The minimum absolute atomic E-state index is 0.00427. The molecule has 43 heavy (non-hydrogen) atoms. The third-order valence-electron chi connectivity index (χ3n) is 7.89.